The van der Waals surface area contributed by atoms with E-state index in [9.17, 15) is 5.02 Å². The van der Waals surface area contributed by atoms with Crippen molar-refractivity contribution in [3.05, 3.63) is 49.1 Å². The Morgan fingerprint density at radius 3 is 2.74 bits per heavy atom. The van der Waals surface area contributed by atoms with Crippen LogP contribution in [-0.2, 0) is 0 Å². The molecule has 134 valence electrons. The van der Waals surface area contributed by atoms with Gasteiger partial charge >= 0.3 is 6.92 Å². The normalized spacial score (nSPS) is 10.9. The number of aromatic amines is 1. The second kappa shape index (κ2) is 6.73. The molecule has 0 spiro atoms. The summed E-state index contributed by atoms with van der Waals surface area (Å²) in [5, 5.41) is 19.2. The molecule has 2 aromatic carbocycles. The monoisotopic (exact) mass is 359 g/mol. The molecule has 0 amide bonds. The minimum atomic E-state index is -0.678. The van der Waals surface area contributed by atoms with E-state index in [1.165, 1.54) is 6.20 Å². The minimum Gasteiger partial charge on any atom is -0.497 e. The summed E-state index contributed by atoms with van der Waals surface area (Å²) >= 11 is 0. The van der Waals surface area contributed by atoms with E-state index in [0.717, 1.165) is 27.8 Å². The van der Waals surface area contributed by atoms with Gasteiger partial charge < -0.3 is 20.5 Å². The maximum Gasteiger partial charge on any atom is 0.324 e. The van der Waals surface area contributed by atoms with Gasteiger partial charge in [-0.3, -0.25) is 0 Å². The Bertz CT molecular complexity index is 1110. The smallest absolute Gasteiger partial charge is 0.324 e. The molecule has 4 N–H and O–H groups in total. The van der Waals surface area contributed by atoms with Crippen molar-refractivity contribution in [3.8, 4) is 28.1 Å². The molecule has 4 aromatic rings. The molecule has 2 heterocycles. The fourth-order valence-electron chi connectivity index (χ4n) is 3.21. The van der Waals surface area contributed by atoms with Gasteiger partial charge in [-0.15, -0.1) is 0 Å². The van der Waals surface area contributed by atoms with E-state index in [0.29, 0.717) is 22.4 Å². The molecule has 27 heavy (non-hydrogen) atoms. The van der Waals surface area contributed by atoms with E-state index in [-0.39, 0.29) is 0 Å². The third-order valence-electron chi connectivity index (χ3n) is 4.58. The lowest BCUT2D eigenvalue weighted by atomic mass is 9.63. The first kappa shape index (κ1) is 17.1. The van der Waals surface area contributed by atoms with Crippen LogP contribution >= 0.6 is 0 Å². The summed E-state index contributed by atoms with van der Waals surface area (Å²) in [5.41, 5.74) is 11.5. The molecule has 0 saturated carbocycles. The van der Waals surface area contributed by atoms with Crippen molar-refractivity contribution >= 4 is 29.0 Å². The number of hydrogen-bond donors (Lipinski definition) is 3. The zero-order valence-corrected chi connectivity index (χ0v) is 15.0. The molecule has 0 bridgehead atoms. The van der Waals surface area contributed by atoms with Gasteiger partial charge in [0.25, 0.3) is 0 Å². The number of nitrogens with zero attached hydrogens (tertiary/aromatic N) is 3. The van der Waals surface area contributed by atoms with Crippen LogP contribution in [0, 0.1) is 0 Å². The third kappa shape index (κ3) is 3.00. The summed E-state index contributed by atoms with van der Waals surface area (Å²) in [6.07, 6.45) is 4.98. The highest BCUT2D eigenvalue weighted by Crippen LogP contribution is 2.35. The fraction of sp³-hybridized carbons (Fsp3) is 0.105. The molecule has 7 nitrogen and oxygen atoms in total. The first-order valence-electron chi connectivity index (χ1n) is 8.49. The van der Waals surface area contributed by atoms with Gasteiger partial charge in [0.05, 0.1) is 36.5 Å². The predicted octanol–water partition coefficient (Wildman–Crippen LogP) is 2.10. The van der Waals surface area contributed by atoms with Crippen LogP contribution in [0.25, 0.3) is 33.3 Å². The van der Waals surface area contributed by atoms with Crippen molar-refractivity contribution in [2.45, 2.75) is 6.82 Å². The van der Waals surface area contributed by atoms with Gasteiger partial charge in [0.1, 0.15) is 5.75 Å². The van der Waals surface area contributed by atoms with Crippen LogP contribution in [0.15, 0.2) is 49.1 Å². The molecule has 0 aliphatic carbocycles. The van der Waals surface area contributed by atoms with E-state index >= 15 is 0 Å². The Labute approximate surface area is 156 Å². The average Bonchev–Trinajstić information content (AvgIpc) is 3.21. The first-order valence-corrected chi connectivity index (χ1v) is 8.49. The lowest BCUT2D eigenvalue weighted by Gasteiger charge is -2.16. The van der Waals surface area contributed by atoms with Crippen LogP contribution in [0.4, 0.5) is 5.69 Å². The first-order chi connectivity index (χ1) is 13.1. The number of fused-ring (bicyclic) bond motifs is 1. The SMILES string of the molecule is COc1cc(-c2c[nH]cn2)c(-c2ccc3c(N)cnnc3c2)cc1B(C)O. The van der Waals surface area contributed by atoms with Gasteiger partial charge in [-0.2, -0.15) is 10.2 Å². The zero-order valence-electron chi connectivity index (χ0n) is 15.0. The fourth-order valence-corrected chi connectivity index (χ4v) is 3.21. The number of methoxy groups -OCH3 is 1. The maximum atomic E-state index is 10.2. The van der Waals surface area contributed by atoms with Crippen LogP contribution in [0.5, 0.6) is 5.75 Å². The van der Waals surface area contributed by atoms with Crippen LogP contribution < -0.4 is 15.9 Å². The number of benzene rings is 2. The van der Waals surface area contributed by atoms with Crippen LogP contribution in [-0.4, -0.2) is 39.2 Å². The topological polar surface area (TPSA) is 110 Å². The van der Waals surface area contributed by atoms with Gasteiger partial charge in [0.2, 0.25) is 0 Å². The van der Waals surface area contributed by atoms with E-state index < -0.39 is 6.92 Å². The molecule has 0 aliphatic rings. The molecule has 0 fully saturated rings. The number of nitrogens with one attached hydrogen (secondary N) is 1. The Morgan fingerprint density at radius 1 is 1.19 bits per heavy atom. The lowest BCUT2D eigenvalue weighted by molar-refractivity contribution is 0.417. The van der Waals surface area contributed by atoms with Crippen LogP contribution in [0.1, 0.15) is 0 Å². The van der Waals surface area contributed by atoms with Crippen molar-refractivity contribution in [2.75, 3.05) is 12.8 Å². The summed E-state index contributed by atoms with van der Waals surface area (Å²) in [6, 6.07) is 9.65. The largest absolute Gasteiger partial charge is 0.497 e. The Morgan fingerprint density at radius 2 is 2.04 bits per heavy atom. The van der Waals surface area contributed by atoms with Crippen molar-refractivity contribution in [3.63, 3.8) is 0 Å². The lowest BCUT2D eigenvalue weighted by Crippen LogP contribution is -2.28. The number of rotatable bonds is 4. The number of nitrogens with two attached hydrogens (primary N) is 1. The molecule has 4 rings (SSSR count). The number of H-pyrrole nitrogens is 1. The number of anilines is 1. The van der Waals surface area contributed by atoms with Gasteiger partial charge in [0.15, 0.2) is 0 Å². The number of hydrogen-bond acceptors (Lipinski definition) is 6. The summed E-state index contributed by atoms with van der Waals surface area (Å²) < 4.78 is 5.49. The molecule has 0 unspecified atom stereocenters. The minimum absolute atomic E-state index is 0.582. The molecule has 0 aliphatic heterocycles. The molecule has 2 aromatic heterocycles. The zero-order chi connectivity index (χ0) is 19.0. The molecular formula is C19H18BN5O2. The van der Waals surface area contributed by atoms with Gasteiger partial charge in [-0.25, -0.2) is 4.98 Å². The van der Waals surface area contributed by atoms with Crippen molar-refractivity contribution in [1.29, 1.82) is 0 Å². The standard InChI is InChI=1S/C19H18BN5O2/c1-20(26)15-6-13(14(7-19(15)27-2)18-9-22-10-23-18)11-3-4-12-16(21)8-24-25-17(12)5-11/h3-10,26H,1-2H3,(H2,21,25)(H,22,23). The second-order valence-electron chi connectivity index (χ2n) is 6.30. The van der Waals surface area contributed by atoms with E-state index in [1.54, 1.807) is 20.3 Å². The Hall–Kier alpha value is -3.39. The molecule has 0 radical (unpaired) electrons. The van der Waals surface area contributed by atoms with Crippen LogP contribution in [0.3, 0.4) is 0 Å². The van der Waals surface area contributed by atoms with Crippen LogP contribution in [0.2, 0.25) is 6.82 Å². The quantitative estimate of drug-likeness (QED) is 0.482. The Balaban J connectivity index is 1.99. The second-order valence-corrected chi connectivity index (χ2v) is 6.30. The van der Waals surface area contributed by atoms with Gasteiger partial charge in [0, 0.05) is 17.1 Å². The predicted molar refractivity (Wildman–Crippen MR) is 107 cm³/mol. The highest BCUT2D eigenvalue weighted by atomic mass is 16.5. The number of ether oxygens (including phenoxy) is 1. The summed E-state index contributed by atoms with van der Waals surface area (Å²) in [4.78, 5) is 7.36. The summed E-state index contributed by atoms with van der Waals surface area (Å²) in [6.45, 7) is 1.03. The Kier molecular flexibility index (Phi) is 4.25. The molecule has 0 atom stereocenters. The average molecular weight is 359 g/mol. The van der Waals surface area contributed by atoms with E-state index in [4.69, 9.17) is 10.5 Å². The molecule has 8 heteroatoms. The van der Waals surface area contributed by atoms with Gasteiger partial charge in [-0.05, 0) is 34.8 Å². The van der Waals surface area contributed by atoms with E-state index in [1.807, 2.05) is 36.5 Å². The van der Waals surface area contributed by atoms with Crippen molar-refractivity contribution in [2.24, 2.45) is 0 Å². The molecular weight excluding hydrogens is 341 g/mol. The molecule has 0 saturated heterocycles. The summed E-state index contributed by atoms with van der Waals surface area (Å²) in [7, 11) is 1.59. The number of nitrogen functional groups attached to an aromatic ring is 1. The number of aromatic nitrogens is 4. The van der Waals surface area contributed by atoms with Gasteiger partial charge in [-0.1, -0.05) is 19.0 Å². The van der Waals surface area contributed by atoms with Crippen molar-refractivity contribution < 1.29 is 9.76 Å². The number of imidazole rings is 1. The summed E-state index contributed by atoms with van der Waals surface area (Å²) in [5.74, 6) is 0.608. The highest BCUT2D eigenvalue weighted by molar-refractivity contribution is 6.66. The highest BCUT2D eigenvalue weighted by Gasteiger charge is 2.20. The van der Waals surface area contributed by atoms with Crippen molar-refractivity contribution in [1.82, 2.24) is 20.2 Å². The maximum absolute atomic E-state index is 10.2. The van der Waals surface area contributed by atoms with E-state index in [2.05, 4.69) is 20.2 Å². The third-order valence-corrected chi connectivity index (χ3v) is 4.58.